The van der Waals surface area contributed by atoms with Gasteiger partial charge in [0, 0.05) is 11.6 Å². The average molecular weight is 594 g/mol. The number of piperidine rings is 1. The van der Waals surface area contributed by atoms with E-state index in [0.717, 1.165) is 37.2 Å². The van der Waals surface area contributed by atoms with E-state index in [0.29, 0.717) is 5.88 Å². The van der Waals surface area contributed by atoms with Crippen molar-refractivity contribution in [2.75, 3.05) is 13.1 Å². The first-order chi connectivity index (χ1) is 18.7. The van der Waals surface area contributed by atoms with E-state index in [1.165, 1.54) is 24.0 Å². The third-order valence-electron chi connectivity index (χ3n) is 6.85. The Morgan fingerprint density at radius 2 is 1.34 bits per heavy atom. The monoisotopic (exact) mass is 593 g/mol. The third-order valence-corrected chi connectivity index (χ3v) is 6.85. The second kappa shape index (κ2) is 13.0. The Morgan fingerprint density at radius 1 is 0.854 bits per heavy atom. The minimum absolute atomic E-state index is 0.197. The van der Waals surface area contributed by atoms with Crippen LogP contribution in [0.15, 0.2) is 30.6 Å². The zero-order valence-corrected chi connectivity index (χ0v) is 23.0. The van der Waals surface area contributed by atoms with Crippen LogP contribution < -0.4 is 10.1 Å². The zero-order valence-electron chi connectivity index (χ0n) is 23.0. The molecule has 2 aliphatic rings. The Morgan fingerprint density at radius 3 is 1.83 bits per heavy atom. The maximum atomic E-state index is 10.6. The largest absolute Gasteiger partial charge is 0.490 e. The van der Waals surface area contributed by atoms with Gasteiger partial charge in [-0.2, -0.15) is 26.3 Å². The quantitative estimate of drug-likeness (QED) is 0.377. The van der Waals surface area contributed by atoms with E-state index in [9.17, 15) is 26.3 Å². The number of nitrogens with one attached hydrogen (secondary N) is 1. The molecule has 0 unspecified atom stereocenters. The molecule has 228 valence electrons. The molecule has 8 nitrogen and oxygen atoms in total. The van der Waals surface area contributed by atoms with Gasteiger partial charge >= 0.3 is 24.3 Å². The van der Waals surface area contributed by atoms with E-state index < -0.39 is 24.3 Å². The van der Waals surface area contributed by atoms with Crippen molar-refractivity contribution in [3.8, 4) is 17.1 Å². The van der Waals surface area contributed by atoms with Gasteiger partial charge in [0.25, 0.3) is 0 Å². The van der Waals surface area contributed by atoms with Crippen LogP contribution in [-0.2, 0) is 20.4 Å². The molecule has 0 saturated carbocycles. The van der Waals surface area contributed by atoms with Gasteiger partial charge in [0.2, 0.25) is 5.88 Å². The van der Waals surface area contributed by atoms with Crippen LogP contribution in [0.25, 0.3) is 11.3 Å². The number of hydrogen-bond acceptors (Lipinski definition) is 6. The molecule has 3 N–H and O–H groups in total. The predicted octanol–water partition coefficient (Wildman–Crippen LogP) is 5.89. The third kappa shape index (κ3) is 9.87. The van der Waals surface area contributed by atoms with Gasteiger partial charge in [-0.15, -0.1) is 0 Å². The average Bonchev–Trinajstić information content (AvgIpc) is 2.87. The molecule has 0 amide bonds. The first kappa shape index (κ1) is 33.8. The van der Waals surface area contributed by atoms with Gasteiger partial charge in [-0.3, -0.25) is 0 Å². The molecule has 0 spiro atoms. The molecule has 14 heteroatoms. The summed E-state index contributed by atoms with van der Waals surface area (Å²) in [6.07, 6.45) is -3.79. The van der Waals surface area contributed by atoms with Crippen LogP contribution in [0, 0.1) is 0 Å². The standard InChI is InChI=1S/C23H31N3O.2C2HF3O2/c1-22(2)9-10-23(3,4)19-13-16(5-6-18(19)22)20-14-21(26-15-25-20)27-17-7-11-24-12-8-17;2*3-2(4,5)1(6)7/h5-6,13-15,17,24H,7-12H2,1-4H3;2*(H,6,7). The molecule has 1 fully saturated rings. The van der Waals surface area contributed by atoms with Crippen LogP contribution in [0.4, 0.5) is 26.3 Å². The molecule has 2 heterocycles. The number of hydrogen-bond donors (Lipinski definition) is 3. The van der Waals surface area contributed by atoms with Crippen LogP contribution in [0.1, 0.15) is 64.5 Å². The molecule has 41 heavy (non-hydrogen) atoms. The van der Waals surface area contributed by atoms with Crippen LogP contribution in [0.5, 0.6) is 5.88 Å². The molecule has 0 bridgehead atoms. The Balaban J connectivity index is 0.000000349. The highest BCUT2D eigenvalue weighted by atomic mass is 19.4. The lowest BCUT2D eigenvalue weighted by atomic mass is 9.63. The zero-order chi connectivity index (χ0) is 31.2. The first-order valence-electron chi connectivity index (χ1n) is 12.7. The van der Waals surface area contributed by atoms with Crippen molar-refractivity contribution in [1.82, 2.24) is 15.3 Å². The predicted molar refractivity (Wildman–Crippen MR) is 137 cm³/mol. The molecule has 2 aromatic rings. The van der Waals surface area contributed by atoms with Crippen LogP contribution in [0.2, 0.25) is 0 Å². The van der Waals surface area contributed by atoms with Crippen LogP contribution in [-0.4, -0.2) is 63.7 Å². The van der Waals surface area contributed by atoms with Crippen molar-refractivity contribution in [2.45, 2.75) is 82.7 Å². The SMILES string of the molecule is CC1(C)CCC(C)(C)c2cc(-c3cc(OC4CCNCC4)ncn3)ccc21.O=C(O)C(F)(F)F.O=C(O)C(F)(F)F. The second-order valence-electron chi connectivity index (χ2n) is 10.9. The lowest BCUT2D eigenvalue weighted by Crippen LogP contribution is -2.34. The number of carbonyl (C=O) groups is 2. The fraction of sp³-hybridized carbons (Fsp3) is 0.556. The van der Waals surface area contributed by atoms with Crippen molar-refractivity contribution in [3.05, 3.63) is 41.7 Å². The van der Waals surface area contributed by atoms with E-state index in [1.807, 2.05) is 6.07 Å². The highest BCUT2D eigenvalue weighted by Gasteiger charge is 2.39. The van der Waals surface area contributed by atoms with E-state index in [4.69, 9.17) is 24.5 Å². The number of alkyl halides is 6. The van der Waals surface area contributed by atoms with Gasteiger partial charge in [0.1, 0.15) is 12.4 Å². The lowest BCUT2D eigenvalue weighted by molar-refractivity contribution is -0.193. The topological polar surface area (TPSA) is 122 Å². The van der Waals surface area contributed by atoms with Crippen molar-refractivity contribution >= 4 is 11.9 Å². The molecule has 1 aromatic heterocycles. The number of fused-ring (bicyclic) bond motifs is 1. The normalized spacial score (nSPS) is 18.0. The van der Waals surface area contributed by atoms with E-state index >= 15 is 0 Å². The minimum atomic E-state index is -5.08. The number of nitrogens with zero attached hydrogens (tertiary/aromatic N) is 2. The summed E-state index contributed by atoms with van der Waals surface area (Å²) in [5, 5.41) is 17.6. The molecule has 4 rings (SSSR count). The van der Waals surface area contributed by atoms with Gasteiger partial charge in [0.15, 0.2) is 0 Å². The number of halogens is 6. The van der Waals surface area contributed by atoms with E-state index in [1.54, 1.807) is 6.33 Å². The molecular formula is C27H33F6N3O5. The van der Waals surface area contributed by atoms with Crippen molar-refractivity contribution in [2.24, 2.45) is 0 Å². The van der Waals surface area contributed by atoms with Gasteiger partial charge in [-0.1, -0.05) is 39.8 Å². The summed E-state index contributed by atoms with van der Waals surface area (Å²) in [6.45, 7) is 11.5. The summed E-state index contributed by atoms with van der Waals surface area (Å²) in [5.74, 6) is -4.83. The summed E-state index contributed by atoms with van der Waals surface area (Å²) in [6, 6.07) is 8.84. The molecule has 1 saturated heterocycles. The molecular weight excluding hydrogens is 560 g/mol. The highest BCUT2D eigenvalue weighted by molar-refractivity contribution is 5.73. The molecule has 1 aliphatic heterocycles. The number of aliphatic carboxylic acids is 2. The Hall–Kier alpha value is -3.42. The van der Waals surface area contributed by atoms with Gasteiger partial charge in [0.05, 0.1) is 5.69 Å². The summed E-state index contributed by atoms with van der Waals surface area (Å²) in [5.41, 5.74) is 5.45. The van der Waals surface area contributed by atoms with Crippen molar-refractivity contribution in [3.63, 3.8) is 0 Å². The number of carboxylic acid groups (broad SMARTS) is 2. The van der Waals surface area contributed by atoms with E-state index in [-0.39, 0.29) is 16.9 Å². The molecule has 1 aliphatic carbocycles. The van der Waals surface area contributed by atoms with Crippen molar-refractivity contribution < 1.29 is 50.9 Å². The smallest absolute Gasteiger partial charge is 0.475 e. The number of aromatic nitrogens is 2. The summed E-state index contributed by atoms with van der Waals surface area (Å²) < 4.78 is 69.6. The molecule has 0 atom stereocenters. The highest BCUT2D eigenvalue weighted by Crippen LogP contribution is 2.46. The van der Waals surface area contributed by atoms with E-state index in [2.05, 4.69) is 61.2 Å². The second-order valence-corrected chi connectivity index (χ2v) is 10.9. The van der Waals surface area contributed by atoms with Gasteiger partial charge < -0.3 is 20.3 Å². The maximum absolute atomic E-state index is 10.6. The summed E-state index contributed by atoms with van der Waals surface area (Å²) >= 11 is 0. The number of ether oxygens (including phenoxy) is 1. The van der Waals surface area contributed by atoms with Crippen LogP contribution in [0.3, 0.4) is 0 Å². The Labute approximate surface area is 233 Å². The fourth-order valence-corrected chi connectivity index (χ4v) is 4.39. The first-order valence-corrected chi connectivity index (χ1v) is 12.7. The minimum Gasteiger partial charge on any atom is -0.475 e. The Kier molecular flexibility index (Phi) is 10.7. The number of carboxylic acids is 2. The fourth-order valence-electron chi connectivity index (χ4n) is 4.39. The summed E-state index contributed by atoms with van der Waals surface area (Å²) in [4.78, 5) is 26.7. The lowest BCUT2D eigenvalue weighted by Gasteiger charge is -2.42. The summed E-state index contributed by atoms with van der Waals surface area (Å²) in [7, 11) is 0. The number of rotatable bonds is 3. The maximum Gasteiger partial charge on any atom is 0.490 e. The van der Waals surface area contributed by atoms with Crippen molar-refractivity contribution in [1.29, 1.82) is 0 Å². The Bertz CT molecular complexity index is 1180. The molecule has 0 radical (unpaired) electrons. The van der Waals surface area contributed by atoms with Gasteiger partial charge in [-0.05, 0) is 66.8 Å². The molecule has 1 aromatic carbocycles. The van der Waals surface area contributed by atoms with Crippen LogP contribution >= 0.6 is 0 Å². The van der Waals surface area contributed by atoms with Gasteiger partial charge in [-0.25, -0.2) is 19.6 Å². The number of benzene rings is 1.